The molecule has 2 heterocycles. The van der Waals surface area contributed by atoms with Gasteiger partial charge >= 0.3 is 0 Å². The van der Waals surface area contributed by atoms with Gasteiger partial charge in [0, 0.05) is 12.5 Å². The quantitative estimate of drug-likeness (QED) is 0.333. The minimum atomic E-state index is 0. The van der Waals surface area contributed by atoms with Crippen LogP contribution in [0.2, 0.25) is 0 Å². The van der Waals surface area contributed by atoms with Crippen LogP contribution in [0.25, 0.3) is 0 Å². The first-order valence-electron chi connectivity index (χ1n) is 3.02. The molecule has 8 heavy (non-hydrogen) atoms. The summed E-state index contributed by atoms with van der Waals surface area (Å²) >= 11 is 0. The van der Waals surface area contributed by atoms with E-state index in [0.717, 1.165) is 5.92 Å². The molecule has 0 aliphatic carbocycles. The van der Waals surface area contributed by atoms with Crippen LogP contribution in [-0.2, 0) is 0 Å². The van der Waals surface area contributed by atoms with E-state index < -0.39 is 0 Å². The Kier molecular flexibility index (Phi) is 1.75. The van der Waals surface area contributed by atoms with Crippen molar-refractivity contribution in [3.05, 3.63) is 0 Å². The molecule has 0 aromatic heterocycles. The third kappa shape index (κ3) is 0.835. The summed E-state index contributed by atoms with van der Waals surface area (Å²) in [6.45, 7) is 4.06. The molecular weight excluding hydrogens is 124 g/mol. The topological polar surface area (TPSA) is 19.9 Å². The largest absolute Gasteiger partial charge is 1.00 e. The number of rotatable bonds is 0. The van der Waals surface area contributed by atoms with Crippen LogP contribution in [0.3, 0.4) is 0 Å². The summed E-state index contributed by atoms with van der Waals surface area (Å²) < 4.78 is 0. The SMILES string of the molecule is C1CN2CC1C[NH2+]2.[Cl-]. The number of hydrogen-bond acceptors (Lipinski definition) is 1. The van der Waals surface area contributed by atoms with Crippen molar-refractivity contribution in [3.63, 3.8) is 0 Å². The zero-order valence-corrected chi connectivity index (χ0v) is 5.56. The van der Waals surface area contributed by atoms with Crippen molar-refractivity contribution in [3.8, 4) is 0 Å². The van der Waals surface area contributed by atoms with Crippen LogP contribution < -0.4 is 17.8 Å². The highest BCUT2D eigenvalue weighted by atomic mass is 35.5. The Morgan fingerprint density at radius 2 is 2.38 bits per heavy atom. The van der Waals surface area contributed by atoms with E-state index in [0.29, 0.717) is 0 Å². The average Bonchev–Trinajstić information content (AvgIpc) is 2.22. The Labute approximate surface area is 55.6 Å². The summed E-state index contributed by atoms with van der Waals surface area (Å²) in [5.74, 6) is 1.04. The molecule has 2 saturated heterocycles. The Morgan fingerprint density at radius 3 is 2.50 bits per heavy atom. The van der Waals surface area contributed by atoms with Crippen LogP contribution in [-0.4, -0.2) is 24.6 Å². The molecule has 2 nitrogen and oxygen atoms in total. The molecule has 0 aromatic rings. The number of hydrogen-bond donors (Lipinski definition) is 1. The van der Waals surface area contributed by atoms with Gasteiger partial charge in [-0.05, 0) is 6.42 Å². The summed E-state index contributed by atoms with van der Waals surface area (Å²) in [5.41, 5.74) is 2.34. The molecule has 48 valence electrons. The molecule has 3 heteroatoms. The van der Waals surface area contributed by atoms with Crippen LogP contribution in [0.15, 0.2) is 0 Å². The number of nitrogens with zero attached hydrogens (tertiary/aromatic N) is 1. The highest BCUT2D eigenvalue weighted by molar-refractivity contribution is 4.71. The molecule has 2 atom stereocenters. The van der Waals surface area contributed by atoms with Crippen molar-refractivity contribution < 1.29 is 17.8 Å². The van der Waals surface area contributed by atoms with Gasteiger partial charge in [0.1, 0.15) is 0 Å². The van der Waals surface area contributed by atoms with Crippen LogP contribution in [0.5, 0.6) is 0 Å². The lowest BCUT2D eigenvalue weighted by Crippen LogP contribution is -3.00. The Hall–Kier alpha value is 0.210. The first-order chi connectivity index (χ1) is 3.45. The number of quaternary nitrogens is 1. The van der Waals surface area contributed by atoms with E-state index in [-0.39, 0.29) is 12.4 Å². The Balaban J connectivity index is 0.000000320. The Morgan fingerprint density at radius 1 is 1.50 bits per heavy atom. The molecule has 0 saturated carbocycles. The van der Waals surface area contributed by atoms with Crippen molar-refractivity contribution in [2.75, 3.05) is 19.6 Å². The van der Waals surface area contributed by atoms with Crippen LogP contribution in [0, 0.1) is 5.92 Å². The molecular formula is C5H11ClN2. The maximum absolute atomic E-state index is 2.44. The summed E-state index contributed by atoms with van der Waals surface area (Å²) in [5, 5.41) is 2.44. The predicted octanol–water partition coefficient (Wildman–Crippen LogP) is -4.20. The molecule has 2 fully saturated rings. The van der Waals surface area contributed by atoms with Crippen molar-refractivity contribution >= 4 is 0 Å². The molecule has 2 bridgehead atoms. The molecule has 2 aliphatic rings. The highest BCUT2D eigenvalue weighted by Crippen LogP contribution is 2.13. The van der Waals surface area contributed by atoms with Gasteiger partial charge in [-0.2, -0.15) is 5.01 Å². The van der Waals surface area contributed by atoms with E-state index in [1.165, 1.54) is 26.1 Å². The number of halogens is 1. The zero-order valence-electron chi connectivity index (χ0n) is 4.81. The minimum Gasteiger partial charge on any atom is -1.00 e. The second kappa shape index (κ2) is 2.21. The van der Waals surface area contributed by atoms with Crippen molar-refractivity contribution in [1.82, 2.24) is 5.01 Å². The Bertz CT molecular complexity index is 68.5. The first kappa shape index (κ1) is 6.33. The lowest BCUT2D eigenvalue weighted by Gasteiger charge is -2.07. The predicted molar refractivity (Wildman–Crippen MR) is 26.5 cm³/mol. The molecule has 0 aromatic carbocycles. The molecule has 2 unspecified atom stereocenters. The van der Waals surface area contributed by atoms with Gasteiger partial charge in [0.05, 0.1) is 13.1 Å². The molecule has 0 radical (unpaired) electrons. The molecule has 2 rings (SSSR count). The third-order valence-electron chi connectivity index (χ3n) is 2.01. The van der Waals surface area contributed by atoms with Gasteiger partial charge in [0.15, 0.2) is 0 Å². The fraction of sp³-hybridized carbons (Fsp3) is 1.00. The molecule has 2 N–H and O–H groups in total. The standard InChI is InChI=1S/C5H10N2.ClH/c1-2-7-4-5(1)3-6-7;/h5-6H,1-4H2;1H. The van der Waals surface area contributed by atoms with E-state index in [4.69, 9.17) is 0 Å². The van der Waals surface area contributed by atoms with Gasteiger partial charge in [0.2, 0.25) is 0 Å². The van der Waals surface area contributed by atoms with Gasteiger partial charge < -0.3 is 12.4 Å². The lowest BCUT2D eigenvalue weighted by molar-refractivity contribution is -0.788. The monoisotopic (exact) mass is 134 g/mol. The average molecular weight is 135 g/mol. The van der Waals surface area contributed by atoms with Crippen molar-refractivity contribution in [1.29, 1.82) is 0 Å². The van der Waals surface area contributed by atoms with Gasteiger partial charge in [-0.3, -0.25) is 5.43 Å². The minimum absolute atomic E-state index is 0. The summed E-state index contributed by atoms with van der Waals surface area (Å²) in [6.07, 6.45) is 1.45. The van der Waals surface area contributed by atoms with Gasteiger partial charge in [-0.1, -0.05) is 0 Å². The summed E-state index contributed by atoms with van der Waals surface area (Å²) in [6, 6.07) is 0. The second-order valence-corrected chi connectivity index (χ2v) is 2.57. The first-order valence-corrected chi connectivity index (χ1v) is 3.02. The van der Waals surface area contributed by atoms with Gasteiger partial charge in [0.25, 0.3) is 0 Å². The molecule has 0 spiro atoms. The maximum Gasteiger partial charge on any atom is 0.0975 e. The lowest BCUT2D eigenvalue weighted by atomic mass is 10.1. The number of fused-ring (bicyclic) bond motifs is 2. The van der Waals surface area contributed by atoms with Crippen LogP contribution in [0.4, 0.5) is 0 Å². The molecule has 0 amide bonds. The van der Waals surface area contributed by atoms with Crippen LogP contribution >= 0.6 is 0 Å². The third-order valence-corrected chi connectivity index (χ3v) is 2.01. The van der Waals surface area contributed by atoms with E-state index in [1.807, 2.05) is 0 Å². The molecule has 2 aliphatic heterocycles. The fourth-order valence-electron chi connectivity index (χ4n) is 1.52. The summed E-state index contributed by atoms with van der Waals surface area (Å²) in [7, 11) is 0. The number of nitrogens with two attached hydrogens (primary N) is 1. The van der Waals surface area contributed by atoms with E-state index >= 15 is 0 Å². The fourth-order valence-corrected chi connectivity index (χ4v) is 1.52. The van der Waals surface area contributed by atoms with Gasteiger partial charge in [-0.25, -0.2) is 0 Å². The van der Waals surface area contributed by atoms with E-state index in [2.05, 4.69) is 10.4 Å². The van der Waals surface area contributed by atoms with E-state index in [9.17, 15) is 0 Å². The second-order valence-electron chi connectivity index (χ2n) is 2.57. The maximum atomic E-state index is 2.44. The van der Waals surface area contributed by atoms with E-state index in [1.54, 1.807) is 0 Å². The smallest absolute Gasteiger partial charge is 0.0975 e. The normalized spacial score (nSPS) is 42.0. The van der Waals surface area contributed by atoms with Crippen molar-refractivity contribution in [2.24, 2.45) is 5.92 Å². The van der Waals surface area contributed by atoms with Crippen LogP contribution in [0.1, 0.15) is 6.42 Å². The highest BCUT2D eigenvalue weighted by Gasteiger charge is 2.32. The van der Waals surface area contributed by atoms with Crippen molar-refractivity contribution in [2.45, 2.75) is 6.42 Å². The zero-order chi connectivity index (χ0) is 4.69. The van der Waals surface area contributed by atoms with Gasteiger partial charge in [-0.15, -0.1) is 0 Å². The summed E-state index contributed by atoms with van der Waals surface area (Å²) in [4.78, 5) is 0.